The predicted octanol–water partition coefficient (Wildman–Crippen LogP) is 6.91. The number of ether oxygens (including phenoxy) is 3. The van der Waals surface area contributed by atoms with Crippen LogP contribution >= 0.6 is 11.6 Å². The molecular weight excluding hydrogens is 537 g/mol. The minimum atomic E-state index is -4.84. The van der Waals surface area contributed by atoms with Gasteiger partial charge in [0, 0.05) is 29.4 Å². The zero-order valence-corrected chi connectivity index (χ0v) is 21.5. The van der Waals surface area contributed by atoms with E-state index in [1.54, 1.807) is 36.4 Å². The Labute approximate surface area is 226 Å². The van der Waals surface area contributed by atoms with Crippen molar-refractivity contribution >= 4 is 34.5 Å². The topological polar surface area (TPSA) is 78.8 Å². The number of imide groups is 1. The van der Waals surface area contributed by atoms with Gasteiger partial charge in [-0.15, -0.1) is 13.2 Å². The fourth-order valence-electron chi connectivity index (χ4n) is 4.60. The SMILES string of the molecule is Cc1c(Oc2ccc(Cl)cc2)c2ccc(OC(F)(F)F)cc2n1Cc1cccc(C[C@]2(C)OC(=O)NC2=O)c1. The molecule has 7 nitrogen and oxygen atoms in total. The molecule has 1 aliphatic heterocycles. The quantitative estimate of drug-likeness (QED) is 0.267. The number of halogens is 4. The summed E-state index contributed by atoms with van der Waals surface area (Å²) in [6, 6.07) is 18.1. The van der Waals surface area contributed by atoms with Crippen molar-refractivity contribution in [2.24, 2.45) is 0 Å². The van der Waals surface area contributed by atoms with Crippen molar-refractivity contribution in [1.29, 1.82) is 0 Å². The number of aromatic nitrogens is 1. The van der Waals surface area contributed by atoms with Crippen molar-refractivity contribution in [2.45, 2.75) is 38.8 Å². The molecule has 5 rings (SSSR count). The van der Waals surface area contributed by atoms with E-state index < -0.39 is 24.0 Å². The van der Waals surface area contributed by atoms with Crippen LogP contribution in [0.1, 0.15) is 23.7 Å². The van der Waals surface area contributed by atoms with Crippen LogP contribution in [0.15, 0.2) is 66.7 Å². The van der Waals surface area contributed by atoms with Gasteiger partial charge in [-0.3, -0.25) is 10.1 Å². The van der Waals surface area contributed by atoms with Crippen molar-refractivity contribution in [3.05, 3.63) is 88.6 Å². The number of alkyl carbamates (subject to hydrolysis) is 1. The number of hydrogen-bond acceptors (Lipinski definition) is 5. The Bertz CT molecular complexity index is 1580. The summed E-state index contributed by atoms with van der Waals surface area (Å²) in [5.41, 5.74) is 1.36. The van der Waals surface area contributed by atoms with E-state index >= 15 is 0 Å². The fraction of sp³-hybridized carbons (Fsp3) is 0.214. The summed E-state index contributed by atoms with van der Waals surface area (Å²) < 4.78 is 56.2. The Kier molecular flexibility index (Phi) is 6.67. The maximum atomic E-state index is 13.0. The predicted molar refractivity (Wildman–Crippen MR) is 137 cm³/mol. The van der Waals surface area contributed by atoms with Gasteiger partial charge in [0.2, 0.25) is 0 Å². The summed E-state index contributed by atoms with van der Waals surface area (Å²) >= 11 is 5.98. The highest BCUT2D eigenvalue weighted by molar-refractivity contribution is 6.30. The highest BCUT2D eigenvalue weighted by atomic mass is 35.5. The van der Waals surface area contributed by atoms with Gasteiger partial charge in [-0.05, 0) is 61.4 Å². The van der Waals surface area contributed by atoms with Gasteiger partial charge in [0.05, 0.1) is 11.2 Å². The minimum absolute atomic E-state index is 0.151. The zero-order valence-electron chi connectivity index (χ0n) is 20.8. The minimum Gasteiger partial charge on any atom is -0.455 e. The van der Waals surface area contributed by atoms with Crippen LogP contribution in [0, 0.1) is 6.92 Å². The van der Waals surface area contributed by atoms with Crippen LogP contribution in [-0.2, 0) is 22.5 Å². The normalized spacial score (nSPS) is 17.3. The molecule has 202 valence electrons. The number of hydrogen-bond donors (Lipinski definition) is 1. The molecule has 1 fully saturated rings. The van der Waals surface area contributed by atoms with Gasteiger partial charge >= 0.3 is 12.5 Å². The van der Waals surface area contributed by atoms with Crippen LogP contribution in [0.3, 0.4) is 0 Å². The molecule has 2 heterocycles. The molecular formula is C28H22ClF3N2O5. The number of carbonyl (C=O) groups is 2. The third-order valence-electron chi connectivity index (χ3n) is 6.39. The highest BCUT2D eigenvalue weighted by Crippen LogP contribution is 2.39. The van der Waals surface area contributed by atoms with E-state index in [2.05, 4.69) is 10.1 Å². The fourth-order valence-corrected chi connectivity index (χ4v) is 4.73. The molecule has 3 aromatic carbocycles. The van der Waals surface area contributed by atoms with Gasteiger partial charge in [-0.25, -0.2) is 4.79 Å². The first kappa shape index (κ1) is 26.4. The smallest absolute Gasteiger partial charge is 0.455 e. The number of cyclic esters (lactones) is 1. The van der Waals surface area contributed by atoms with Gasteiger partial charge in [-0.2, -0.15) is 0 Å². The van der Waals surface area contributed by atoms with Crippen molar-refractivity contribution in [3.8, 4) is 17.2 Å². The summed E-state index contributed by atoms with van der Waals surface area (Å²) in [5, 5.41) is 3.27. The number of amides is 2. The van der Waals surface area contributed by atoms with E-state index in [9.17, 15) is 22.8 Å². The van der Waals surface area contributed by atoms with Crippen molar-refractivity contribution in [1.82, 2.24) is 9.88 Å². The molecule has 0 saturated carbocycles. The lowest BCUT2D eigenvalue weighted by Crippen LogP contribution is -2.38. The van der Waals surface area contributed by atoms with E-state index in [0.29, 0.717) is 33.1 Å². The number of benzene rings is 3. The largest absolute Gasteiger partial charge is 0.573 e. The Morgan fingerprint density at radius 1 is 1.00 bits per heavy atom. The van der Waals surface area contributed by atoms with E-state index in [0.717, 1.165) is 11.1 Å². The van der Waals surface area contributed by atoms with Crippen molar-refractivity contribution in [2.75, 3.05) is 0 Å². The molecule has 0 radical (unpaired) electrons. The molecule has 39 heavy (non-hydrogen) atoms. The van der Waals surface area contributed by atoms with Crippen LogP contribution in [-0.4, -0.2) is 28.5 Å². The van der Waals surface area contributed by atoms with Crippen LogP contribution in [0.4, 0.5) is 18.0 Å². The number of carbonyl (C=O) groups excluding carboxylic acids is 2. The molecule has 4 aromatic rings. The molecule has 2 amide bonds. The molecule has 1 N–H and O–H groups in total. The molecule has 1 atom stereocenters. The lowest BCUT2D eigenvalue weighted by molar-refractivity contribution is -0.274. The van der Waals surface area contributed by atoms with Gasteiger partial charge < -0.3 is 18.8 Å². The van der Waals surface area contributed by atoms with E-state index in [1.165, 1.54) is 25.1 Å². The average Bonchev–Trinajstić information content (AvgIpc) is 3.25. The third kappa shape index (κ3) is 5.65. The Hall–Kier alpha value is -4.18. The summed E-state index contributed by atoms with van der Waals surface area (Å²) in [6.45, 7) is 3.62. The zero-order chi connectivity index (χ0) is 27.9. The van der Waals surface area contributed by atoms with Crippen LogP contribution in [0.25, 0.3) is 10.9 Å². The Morgan fingerprint density at radius 2 is 1.69 bits per heavy atom. The monoisotopic (exact) mass is 558 g/mol. The van der Waals surface area contributed by atoms with Crippen molar-refractivity contribution in [3.63, 3.8) is 0 Å². The number of nitrogens with one attached hydrogen (secondary N) is 1. The lowest BCUT2D eigenvalue weighted by atomic mass is 9.95. The Morgan fingerprint density at radius 3 is 2.36 bits per heavy atom. The average molecular weight is 559 g/mol. The summed E-state index contributed by atoms with van der Waals surface area (Å²) in [5.74, 6) is 0.106. The molecule has 11 heteroatoms. The lowest BCUT2D eigenvalue weighted by Gasteiger charge is -2.19. The van der Waals surface area contributed by atoms with Gasteiger partial charge in [0.25, 0.3) is 5.91 Å². The second kappa shape index (κ2) is 9.85. The van der Waals surface area contributed by atoms with E-state index in [-0.39, 0.29) is 18.7 Å². The second-order valence-electron chi connectivity index (χ2n) is 9.35. The summed E-state index contributed by atoms with van der Waals surface area (Å²) in [7, 11) is 0. The second-order valence-corrected chi connectivity index (χ2v) is 9.79. The first-order valence-corrected chi connectivity index (χ1v) is 12.2. The first-order chi connectivity index (χ1) is 18.4. The number of rotatable bonds is 7. The Balaban J connectivity index is 1.52. The van der Waals surface area contributed by atoms with E-state index in [4.69, 9.17) is 21.1 Å². The number of alkyl halides is 3. The summed E-state index contributed by atoms with van der Waals surface area (Å²) in [6.07, 6.45) is -5.49. The molecule has 0 aliphatic carbocycles. The van der Waals surface area contributed by atoms with Crippen LogP contribution in [0.2, 0.25) is 5.02 Å². The number of fused-ring (bicyclic) bond motifs is 1. The maximum Gasteiger partial charge on any atom is 0.573 e. The van der Waals surface area contributed by atoms with Crippen LogP contribution in [0.5, 0.6) is 17.2 Å². The first-order valence-electron chi connectivity index (χ1n) is 11.8. The van der Waals surface area contributed by atoms with Crippen LogP contribution < -0.4 is 14.8 Å². The van der Waals surface area contributed by atoms with Crippen molar-refractivity contribution < 1.29 is 37.0 Å². The summed E-state index contributed by atoms with van der Waals surface area (Å²) in [4.78, 5) is 23.7. The van der Waals surface area contributed by atoms with Gasteiger partial charge in [-0.1, -0.05) is 35.9 Å². The standard InChI is InChI=1S/C28H22ClF3N2O5/c1-16-24(37-20-8-6-19(29)7-9-20)22-11-10-21(38-28(30,31)32)13-23(22)34(16)15-18-5-3-4-17(12-18)14-27(2)25(35)33-26(36)39-27/h3-13H,14-15H2,1-2H3,(H,33,35,36)/t27-/m0/s1. The molecule has 1 aliphatic rings. The van der Waals surface area contributed by atoms with Gasteiger partial charge in [0.1, 0.15) is 11.5 Å². The molecule has 0 bridgehead atoms. The molecule has 1 aromatic heterocycles. The van der Waals surface area contributed by atoms with Gasteiger partial charge in [0.15, 0.2) is 11.4 Å². The third-order valence-corrected chi connectivity index (χ3v) is 6.64. The number of nitrogens with zero attached hydrogens (tertiary/aromatic N) is 1. The highest BCUT2D eigenvalue weighted by Gasteiger charge is 2.44. The maximum absolute atomic E-state index is 13.0. The molecule has 1 saturated heterocycles. The van der Waals surface area contributed by atoms with E-state index in [1.807, 2.05) is 23.6 Å². The molecule has 0 spiro atoms. The molecule has 0 unspecified atom stereocenters.